The quantitative estimate of drug-likeness (QED) is 0.773. The van der Waals surface area contributed by atoms with Crippen LogP contribution < -0.4 is 0 Å². The molecule has 1 aromatic carbocycles. The van der Waals surface area contributed by atoms with E-state index in [1.165, 1.54) is 16.7 Å². The number of carbonyl (C=O) groups is 1. The van der Waals surface area contributed by atoms with Crippen LogP contribution in [0.4, 0.5) is 4.79 Å². The molecule has 0 radical (unpaired) electrons. The summed E-state index contributed by atoms with van der Waals surface area (Å²) in [5.41, 5.74) is 3.40. The highest BCUT2D eigenvalue weighted by atomic mass is 16.6. The molecule has 1 amide bonds. The first-order valence-corrected chi connectivity index (χ1v) is 7.09. The second-order valence-corrected chi connectivity index (χ2v) is 6.28. The molecular weight excluding hydrogens is 250 g/mol. The second-order valence-electron chi connectivity index (χ2n) is 6.28. The van der Waals surface area contributed by atoms with Crippen LogP contribution in [-0.2, 0) is 4.74 Å². The van der Waals surface area contributed by atoms with Crippen LogP contribution in [0.5, 0.6) is 0 Å². The predicted molar refractivity (Wildman–Crippen MR) is 81.6 cm³/mol. The Morgan fingerprint density at radius 1 is 1.30 bits per heavy atom. The lowest BCUT2D eigenvalue weighted by atomic mass is 9.98. The summed E-state index contributed by atoms with van der Waals surface area (Å²) in [7, 11) is 0. The zero-order valence-corrected chi connectivity index (χ0v) is 12.8. The minimum atomic E-state index is -0.433. The molecule has 0 saturated heterocycles. The molecule has 0 aromatic heterocycles. The van der Waals surface area contributed by atoms with Gasteiger partial charge in [0, 0.05) is 13.1 Å². The number of aryl methyl sites for hydroxylation is 1. The topological polar surface area (TPSA) is 29.5 Å². The monoisotopic (exact) mass is 273 g/mol. The van der Waals surface area contributed by atoms with Gasteiger partial charge >= 0.3 is 6.09 Å². The molecule has 0 N–H and O–H groups in total. The van der Waals surface area contributed by atoms with Crippen molar-refractivity contribution in [2.24, 2.45) is 0 Å². The predicted octanol–water partition coefficient (Wildman–Crippen LogP) is 4.02. The summed E-state index contributed by atoms with van der Waals surface area (Å²) >= 11 is 0. The number of hydrogen-bond acceptors (Lipinski definition) is 2. The van der Waals surface area contributed by atoms with E-state index in [2.05, 4.69) is 37.3 Å². The lowest BCUT2D eigenvalue weighted by molar-refractivity contribution is 0.0270. The lowest BCUT2D eigenvalue weighted by Crippen LogP contribution is -2.39. The molecule has 2 rings (SSSR count). The molecule has 1 heterocycles. The fourth-order valence-corrected chi connectivity index (χ4v) is 2.27. The fraction of sp³-hybridized carbons (Fsp3) is 0.471. The van der Waals surface area contributed by atoms with Gasteiger partial charge in [-0.2, -0.15) is 0 Å². The van der Waals surface area contributed by atoms with Gasteiger partial charge in [-0.1, -0.05) is 35.9 Å². The normalized spacial score (nSPS) is 15.8. The number of rotatable bonds is 1. The molecular formula is C17H23NO2. The van der Waals surface area contributed by atoms with Gasteiger partial charge in [-0.25, -0.2) is 4.79 Å². The third-order valence-electron chi connectivity index (χ3n) is 3.25. The number of carbonyl (C=O) groups excluding carboxylic acids is 1. The first-order valence-electron chi connectivity index (χ1n) is 7.09. The van der Waals surface area contributed by atoms with E-state index in [1.807, 2.05) is 20.8 Å². The zero-order valence-electron chi connectivity index (χ0n) is 12.8. The molecule has 1 aliphatic rings. The number of benzene rings is 1. The van der Waals surface area contributed by atoms with E-state index in [9.17, 15) is 4.79 Å². The Morgan fingerprint density at radius 2 is 2.05 bits per heavy atom. The first kappa shape index (κ1) is 14.6. The van der Waals surface area contributed by atoms with Gasteiger partial charge in [0.15, 0.2) is 0 Å². The van der Waals surface area contributed by atoms with Gasteiger partial charge in [0.2, 0.25) is 0 Å². The van der Waals surface area contributed by atoms with Crippen molar-refractivity contribution in [1.29, 1.82) is 0 Å². The number of ether oxygens (including phenoxy) is 1. The van der Waals surface area contributed by atoms with Crippen molar-refractivity contribution in [3.8, 4) is 0 Å². The lowest BCUT2D eigenvalue weighted by Gasteiger charge is -2.29. The third kappa shape index (κ3) is 3.86. The smallest absolute Gasteiger partial charge is 0.410 e. The summed E-state index contributed by atoms with van der Waals surface area (Å²) in [6.45, 7) is 9.11. The van der Waals surface area contributed by atoms with Crippen LogP contribution in [0.1, 0.15) is 38.3 Å². The highest BCUT2D eigenvalue weighted by molar-refractivity contribution is 5.72. The summed E-state index contributed by atoms with van der Waals surface area (Å²) in [4.78, 5) is 13.7. The van der Waals surface area contributed by atoms with Gasteiger partial charge in [0.1, 0.15) is 5.60 Å². The molecule has 0 saturated carbocycles. The van der Waals surface area contributed by atoms with Crippen LogP contribution in [-0.4, -0.2) is 29.7 Å². The average molecular weight is 273 g/mol. The van der Waals surface area contributed by atoms with Crippen LogP contribution in [0.2, 0.25) is 0 Å². The number of amides is 1. The Morgan fingerprint density at radius 3 is 2.60 bits per heavy atom. The van der Waals surface area contributed by atoms with E-state index in [0.29, 0.717) is 13.1 Å². The van der Waals surface area contributed by atoms with Gasteiger partial charge in [0.05, 0.1) is 0 Å². The van der Waals surface area contributed by atoms with E-state index in [0.717, 1.165) is 6.42 Å². The van der Waals surface area contributed by atoms with E-state index < -0.39 is 5.60 Å². The Balaban J connectivity index is 2.02. The van der Waals surface area contributed by atoms with Crippen molar-refractivity contribution < 1.29 is 9.53 Å². The molecule has 108 valence electrons. The van der Waals surface area contributed by atoms with E-state index in [1.54, 1.807) is 4.90 Å². The van der Waals surface area contributed by atoms with Gasteiger partial charge in [-0.3, -0.25) is 0 Å². The van der Waals surface area contributed by atoms with Crippen molar-refractivity contribution in [2.45, 2.75) is 39.7 Å². The van der Waals surface area contributed by atoms with Crippen molar-refractivity contribution in [3.05, 3.63) is 41.5 Å². The molecule has 3 heteroatoms. The van der Waals surface area contributed by atoms with Crippen LogP contribution in [0.3, 0.4) is 0 Å². The molecule has 3 nitrogen and oxygen atoms in total. The van der Waals surface area contributed by atoms with Crippen LogP contribution >= 0.6 is 0 Å². The highest BCUT2D eigenvalue weighted by Gasteiger charge is 2.23. The Kier molecular flexibility index (Phi) is 4.17. The highest BCUT2D eigenvalue weighted by Crippen LogP contribution is 2.24. The fourth-order valence-electron chi connectivity index (χ4n) is 2.27. The Labute approximate surface area is 121 Å². The third-order valence-corrected chi connectivity index (χ3v) is 3.25. The average Bonchev–Trinajstić information content (AvgIpc) is 2.37. The van der Waals surface area contributed by atoms with Gasteiger partial charge < -0.3 is 9.64 Å². The molecule has 0 atom stereocenters. The summed E-state index contributed by atoms with van der Waals surface area (Å²) in [5, 5.41) is 0. The molecule has 0 spiro atoms. The van der Waals surface area contributed by atoms with Gasteiger partial charge in [0.25, 0.3) is 0 Å². The SMILES string of the molecule is Cc1cccc(C2=CCN(C(=O)OC(C)(C)C)CC2)c1. The molecule has 20 heavy (non-hydrogen) atoms. The van der Waals surface area contributed by atoms with Gasteiger partial charge in [-0.15, -0.1) is 0 Å². The van der Waals surface area contributed by atoms with E-state index >= 15 is 0 Å². The summed E-state index contributed by atoms with van der Waals surface area (Å²) in [6, 6.07) is 8.49. The first-order chi connectivity index (χ1) is 9.35. The Hall–Kier alpha value is -1.77. The Bertz CT molecular complexity index is 526. The van der Waals surface area contributed by atoms with E-state index in [-0.39, 0.29) is 6.09 Å². The zero-order chi connectivity index (χ0) is 14.8. The van der Waals surface area contributed by atoms with Crippen molar-refractivity contribution in [1.82, 2.24) is 4.90 Å². The molecule has 0 bridgehead atoms. The maximum absolute atomic E-state index is 12.0. The standard InChI is InChI=1S/C17H23NO2/c1-13-6-5-7-15(12-13)14-8-10-18(11-9-14)16(19)20-17(2,3)4/h5-8,12H,9-11H2,1-4H3. The largest absolute Gasteiger partial charge is 0.444 e. The second kappa shape index (κ2) is 5.70. The summed E-state index contributed by atoms with van der Waals surface area (Å²) in [5.74, 6) is 0. The number of nitrogens with zero attached hydrogens (tertiary/aromatic N) is 1. The van der Waals surface area contributed by atoms with Crippen molar-refractivity contribution in [3.63, 3.8) is 0 Å². The molecule has 0 fully saturated rings. The maximum atomic E-state index is 12.0. The molecule has 1 aromatic rings. The van der Waals surface area contributed by atoms with Crippen molar-refractivity contribution in [2.75, 3.05) is 13.1 Å². The molecule has 0 unspecified atom stereocenters. The molecule has 1 aliphatic heterocycles. The van der Waals surface area contributed by atoms with Gasteiger partial charge in [-0.05, 0) is 45.3 Å². The van der Waals surface area contributed by atoms with Crippen LogP contribution in [0.15, 0.2) is 30.3 Å². The number of hydrogen-bond donors (Lipinski definition) is 0. The maximum Gasteiger partial charge on any atom is 0.410 e. The van der Waals surface area contributed by atoms with Crippen LogP contribution in [0.25, 0.3) is 5.57 Å². The van der Waals surface area contributed by atoms with Crippen molar-refractivity contribution >= 4 is 11.7 Å². The summed E-state index contributed by atoms with van der Waals surface area (Å²) in [6.07, 6.45) is 2.78. The minimum Gasteiger partial charge on any atom is -0.444 e. The summed E-state index contributed by atoms with van der Waals surface area (Å²) < 4.78 is 5.39. The van der Waals surface area contributed by atoms with E-state index in [4.69, 9.17) is 4.74 Å². The molecule has 0 aliphatic carbocycles. The van der Waals surface area contributed by atoms with Crippen LogP contribution in [0, 0.1) is 6.92 Å². The minimum absolute atomic E-state index is 0.225.